The van der Waals surface area contributed by atoms with Crippen LogP contribution in [0.4, 0.5) is 0 Å². The van der Waals surface area contributed by atoms with Crippen molar-refractivity contribution in [2.75, 3.05) is 26.6 Å². The van der Waals surface area contributed by atoms with Gasteiger partial charge in [0, 0.05) is 18.1 Å². The maximum absolute atomic E-state index is 10.9. The van der Waals surface area contributed by atoms with Gasteiger partial charge in [-0.15, -0.1) is 0 Å². The maximum atomic E-state index is 10.9. The summed E-state index contributed by atoms with van der Waals surface area (Å²) in [7, 11) is 0. The van der Waals surface area contributed by atoms with E-state index in [1.807, 2.05) is 0 Å². The van der Waals surface area contributed by atoms with Crippen molar-refractivity contribution in [3.05, 3.63) is 12.2 Å². The third-order valence-electron chi connectivity index (χ3n) is 2.60. The summed E-state index contributed by atoms with van der Waals surface area (Å²) in [6, 6.07) is 0. The summed E-state index contributed by atoms with van der Waals surface area (Å²) < 4.78 is 4.24. The van der Waals surface area contributed by atoms with Crippen LogP contribution in [0.1, 0.15) is 6.92 Å². The fourth-order valence-corrected chi connectivity index (χ4v) is 1.16. The van der Waals surface area contributed by atoms with E-state index in [1.165, 1.54) is 6.08 Å². The molecule has 94 valence electrons. The molecule has 0 aliphatic heterocycles. The van der Waals surface area contributed by atoms with E-state index in [9.17, 15) is 15.0 Å². The number of ether oxygens (including phenoxy) is 1. The number of carbonyl (C=O) groups is 1. The maximum Gasteiger partial charge on any atom is 0.332 e. The van der Waals surface area contributed by atoms with Crippen LogP contribution in [0.5, 0.6) is 0 Å². The average Bonchev–Trinajstić information content (AvgIpc) is 2.31. The van der Waals surface area contributed by atoms with Crippen LogP contribution in [0.25, 0.3) is 0 Å². The lowest BCUT2D eigenvalue weighted by atomic mass is 9.77. The standard InChI is InChI=1S/C10H18O6/c1-8(4-11)10(5-12,6-13)3-2-9(15)16-7-14/h2-3,8,11-14H,4-7H2,1H3. The quantitative estimate of drug-likeness (QED) is 0.246. The molecule has 0 spiro atoms. The average molecular weight is 234 g/mol. The summed E-state index contributed by atoms with van der Waals surface area (Å²) in [5, 5.41) is 35.7. The number of hydrogen-bond acceptors (Lipinski definition) is 6. The number of aliphatic hydroxyl groups excluding tert-OH is 4. The summed E-state index contributed by atoms with van der Waals surface area (Å²) in [6.07, 6.45) is 2.29. The van der Waals surface area contributed by atoms with Crippen molar-refractivity contribution < 1.29 is 30.0 Å². The van der Waals surface area contributed by atoms with Gasteiger partial charge < -0.3 is 25.2 Å². The number of hydrogen-bond donors (Lipinski definition) is 4. The van der Waals surface area contributed by atoms with Gasteiger partial charge in [0.15, 0.2) is 6.79 Å². The van der Waals surface area contributed by atoms with Crippen molar-refractivity contribution in [1.29, 1.82) is 0 Å². The second kappa shape index (κ2) is 7.34. The third kappa shape index (κ3) is 3.90. The molecule has 0 aliphatic carbocycles. The zero-order valence-electron chi connectivity index (χ0n) is 9.17. The number of carbonyl (C=O) groups excluding carboxylic acids is 1. The van der Waals surface area contributed by atoms with E-state index in [2.05, 4.69) is 4.74 Å². The molecule has 6 nitrogen and oxygen atoms in total. The van der Waals surface area contributed by atoms with Crippen molar-refractivity contribution in [2.24, 2.45) is 11.3 Å². The van der Waals surface area contributed by atoms with E-state index in [0.29, 0.717) is 0 Å². The highest BCUT2D eigenvalue weighted by molar-refractivity contribution is 5.81. The van der Waals surface area contributed by atoms with Crippen LogP contribution in [-0.4, -0.2) is 53.0 Å². The summed E-state index contributed by atoms with van der Waals surface area (Å²) in [4.78, 5) is 10.9. The Bertz CT molecular complexity index is 233. The normalized spacial score (nSPS) is 14.1. The van der Waals surface area contributed by atoms with E-state index < -0.39 is 37.3 Å². The number of rotatable bonds is 7. The molecule has 6 heteroatoms. The second-order valence-electron chi connectivity index (χ2n) is 3.56. The van der Waals surface area contributed by atoms with Gasteiger partial charge in [-0.25, -0.2) is 4.79 Å². The fraction of sp³-hybridized carbons (Fsp3) is 0.700. The van der Waals surface area contributed by atoms with Crippen molar-refractivity contribution >= 4 is 5.97 Å². The van der Waals surface area contributed by atoms with Gasteiger partial charge in [-0.1, -0.05) is 13.0 Å². The van der Waals surface area contributed by atoms with Crippen LogP contribution in [0.2, 0.25) is 0 Å². The molecule has 0 aliphatic rings. The molecule has 0 aromatic heterocycles. The molecule has 0 aromatic carbocycles. The van der Waals surface area contributed by atoms with Gasteiger partial charge in [-0.3, -0.25) is 0 Å². The SMILES string of the molecule is CC(CO)C(C=CC(=O)OCO)(CO)CO. The molecular weight excluding hydrogens is 216 g/mol. The Kier molecular flexibility index (Phi) is 6.91. The molecule has 0 saturated heterocycles. The van der Waals surface area contributed by atoms with Gasteiger partial charge >= 0.3 is 5.97 Å². The number of aliphatic hydroxyl groups is 4. The molecule has 1 unspecified atom stereocenters. The molecule has 16 heavy (non-hydrogen) atoms. The summed E-state index contributed by atoms with van der Waals surface area (Å²) >= 11 is 0. The molecule has 0 bridgehead atoms. The predicted molar refractivity (Wildman–Crippen MR) is 55.2 cm³/mol. The Balaban J connectivity index is 4.72. The van der Waals surface area contributed by atoms with E-state index in [-0.39, 0.29) is 6.61 Å². The van der Waals surface area contributed by atoms with Crippen LogP contribution >= 0.6 is 0 Å². The summed E-state index contributed by atoms with van der Waals surface area (Å²) in [5.74, 6) is -1.19. The monoisotopic (exact) mass is 234 g/mol. The largest absolute Gasteiger partial charge is 0.436 e. The van der Waals surface area contributed by atoms with Gasteiger partial charge in [0.1, 0.15) is 0 Å². The highest BCUT2D eigenvalue weighted by Gasteiger charge is 2.32. The zero-order chi connectivity index (χ0) is 12.6. The van der Waals surface area contributed by atoms with Crippen LogP contribution in [0.3, 0.4) is 0 Å². The van der Waals surface area contributed by atoms with Crippen molar-refractivity contribution in [1.82, 2.24) is 0 Å². The molecule has 0 radical (unpaired) electrons. The Morgan fingerprint density at radius 1 is 1.31 bits per heavy atom. The molecule has 1 atom stereocenters. The van der Waals surface area contributed by atoms with Gasteiger partial charge in [0.2, 0.25) is 0 Å². The Labute approximate surface area is 93.8 Å². The first-order chi connectivity index (χ1) is 7.56. The van der Waals surface area contributed by atoms with Crippen LogP contribution in [-0.2, 0) is 9.53 Å². The van der Waals surface area contributed by atoms with Crippen LogP contribution in [0.15, 0.2) is 12.2 Å². The smallest absolute Gasteiger partial charge is 0.332 e. The Morgan fingerprint density at radius 3 is 2.25 bits per heavy atom. The number of esters is 1. The lowest BCUT2D eigenvalue weighted by Gasteiger charge is -2.31. The van der Waals surface area contributed by atoms with Crippen LogP contribution in [0, 0.1) is 11.3 Å². The minimum absolute atomic E-state index is 0.236. The highest BCUT2D eigenvalue weighted by Crippen LogP contribution is 2.28. The lowest BCUT2D eigenvalue weighted by molar-refractivity contribution is -0.145. The van der Waals surface area contributed by atoms with E-state index in [0.717, 1.165) is 6.08 Å². The fourth-order valence-electron chi connectivity index (χ4n) is 1.16. The summed E-state index contributed by atoms with van der Waals surface area (Å²) in [6.45, 7) is -0.152. The molecule has 0 saturated carbocycles. The van der Waals surface area contributed by atoms with Gasteiger partial charge in [0.05, 0.1) is 13.2 Å². The second-order valence-corrected chi connectivity index (χ2v) is 3.56. The predicted octanol–water partition coefficient (Wildman–Crippen LogP) is -1.37. The van der Waals surface area contributed by atoms with Crippen LogP contribution < -0.4 is 0 Å². The molecule has 0 amide bonds. The summed E-state index contributed by atoms with van der Waals surface area (Å²) in [5.41, 5.74) is -1.08. The molecule has 0 aromatic rings. The van der Waals surface area contributed by atoms with Crippen molar-refractivity contribution in [3.63, 3.8) is 0 Å². The van der Waals surface area contributed by atoms with Gasteiger partial charge in [-0.05, 0) is 5.92 Å². The molecule has 4 N–H and O–H groups in total. The van der Waals surface area contributed by atoms with Crippen molar-refractivity contribution in [3.8, 4) is 0 Å². The first-order valence-corrected chi connectivity index (χ1v) is 4.85. The molecule has 0 fully saturated rings. The molecule has 0 heterocycles. The highest BCUT2D eigenvalue weighted by atomic mass is 16.6. The zero-order valence-corrected chi connectivity index (χ0v) is 9.17. The Morgan fingerprint density at radius 2 is 1.88 bits per heavy atom. The minimum Gasteiger partial charge on any atom is -0.436 e. The first kappa shape index (κ1) is 15.0. The third-order valence-corrected chi connectivity index (χ3v) is 2.60. The minimum atomic E-state index is -1.08. The lowest BCUT2D eigenvalue weighted by Crippen LogP contribution is -2.36. The molecule has 0 rings (SSSR count). The first-order valence-electron chi connectivity index (χ1n) is 4.85. The van der Waals surface area contributed by atoms with E-state index in [4.69, 9.17) is 10.2 Å². The van der Waals surface area contributed by atoms with Gasteiger partial charge in [-0.2, -0.15) is 0 Å². The van der Waals surface area contributed by atoms with E-state index in [1.54, 1.807) is 6.92 Å². The molecular formula is C10H18O6. The Hall–Kier alpha value is -0.950. The van der Waals surface area contributed by atoms with E-state index >= 15 is 0 Å². The topological polar surface area (TPSA) is 107 Å². The van der Waals surface area contributed by atoms with Crippen molar-refractivity contribution in [2.45, 2.75) is 6.92 Å². The van der Waals surface area contributed by atoms with Gasteiger partial charge in [0.25, 0.3) is 0 Å².